The van der Waals surface area contributed by atoms with Gasteiger partial charge < -0.3 is 14.7 Å². The zero-order valence-corrected chi connectivity index (χ0v) is 18.4. The molecule has 0 spiro atoms. The van der Waals surface area contributed by atoms with Crippen molar-refractivity contribution in [3.05, 3.63) is 83.4 Å². The number of hydrogen-bond acceptors (Lipinski definition) is 4. The molecule has 164 valence electrons. The van der Waals surface area contributed by atoms with E-state index in [0.717, 1.165) is 22.8 Å². The van der Waals surface area contributed by atoms with Crippen LogP contribution in [0.1, 0.15) is 43.9 Å². The summed E-state index contributed by atoms with van der Waals surface area (Å²) in [5.74, 6) is -0.805. The van der Waals surface area contributed by atoms with Crippen molar-refractivity contribution < 1.29 is 19.4 Å². The Bertz CT molecular complexity index is 1190. The number of benzene rings is 3. The second kappa shape index (κ2) is 9.27. The van der Waals surface area contributed by atoms with Crippen LogP contribution in [0.5, 0.6) is 5.75 Å². The summed E-state index contributed by atoms with van der Waals surface area (Å²) in [5, 5.41) is 13.2. The Hall–Kier alpha value is -3.60. The van der Waals surface area contributed by atoms with E-state index in [1.54, 1.807) is 23.1 Å². The molecule has 5 nitrogen and oxygen atoms in total. The fraction of sp³-hybridized carbons (Fsp3) is 0.259. The second-order valence-electron chi connectivity index (χ2n) is 7.94. The summed E-state index contributed by atoms with van der Waals surface area (Å²) in [6.45, 7) is 4.97. The molecule has 1 heterocycles. The number of ketones is 1. The van der Waals surface area contributed by atoms with Gasteiger partial charge in [0.1, 0.15) is 11.5 Å². The summed E-state index contributed by atoms with van der Waals surface area (Å²) in [7, 11) is 0. The second-order valence-corrected chi connectivity index (χ2v) is 7.94. The van der Waals surface area contributed by atoms with Crippen LogP contribution in [0, 0.1) is 0 Å². The van der Waals surface area contributed by atoms with E-state index in [4.69, 9.17) is 4.74 Å². The Morgan fingerprint density at radius 3 is 2.50 bits per heavy atom. The van der Waals surface area contributed by atoms with Gasteiger partial charge in [-0.1, -0.05) is 68.4 Å². The molecule has 0 saturated carbocycles. The van der Waals surface area contributed by atoms with E-state index >= 15 is 0 Å². The maximum absolute atomic E-state index is 13.1. The van der Waals surface area contributed by atoms with E-state index in [1.165, 1.54) is 0 Å². The van der Waals surface area contributed by atoms with Gasteiger partial charge in [0.05, 0.1) is 18.2 Å². The molecule has 0 aromatic heterocycles. The first kappa shape index (κ1) is 21.6. The van der Waals surface area contributed by atoms with Crippen molar-refractivity contribution in [2.75, 3.05) is 13.2 Å². The highest BCUT2D eigenvalue weighted by molar-refractivity contribution is 6.46. The summed E-state index contributed by atoms with van der Waals surface area (Å²) in [5.41, 5.74) is 1.40. The first-order chi connectivity index (χ1) is 15.6. The first-order valence-electron chi connectivity index (χ1n) is 11.1. The number of ether oxygens (including phenoxy) is 1. The molecule has 0 radical (unpaired) electrons. The SMILES string of the molecule is CCCOc1cccc(/C(O)=C2/C(=O)C(=O)N(CCC)C2c2cccc3ccccc23)c1. The summed E-state index contributed by atoms with van der Waals surface area (Å²) in [4.78, 5) is 27.7. The third kappa shape index (κ3) is 3.86. The molecule has 32 heavy (non-hydrogen) atoms. The van der Waals surface area contributed by atoms with Crippen molar-refractivity contribution in [1.29, 1.82) is 0 Å². The minimum Gasteiger partial charge on any atom is -0.507 e. The number of carbonyl (C=O) groups is 2. The van der Waals surface area contributed by atoms with E-state index in [2.05, 4.69) is 0 Å². The molecule has 5 heteroatoms. The van der Waals surface area contributed by atoms with Crippen molar-refractivity contribution in [3.63, 3.8) is 0 Å². The van der Waals surface area contributed by atoms with Crippen LogP contribution >= 0.6 is 0 Å². The maximum atomic E-state index is 13.1. The van der Waals surface area contributed by atoms with Gasteiger partial charge in [0.15, 0.2) is 0 Å². The van der Waals surface area contributed by atoms with E-state index < -0.39 is 17.7 Å². The quantitative estimate of drug-likeness (QED) is 0.308. The Kier molecular flexibility index (Phi) is 6.26. The Morgan fingerprint density at radius 2 is 1.72 bits per heavy atom. The molecule has 1 fully saturated rings. The van der Waals surface area contributed by atoms with Gasteiger partial charge in [-0.25, -0.2) is 0 Å². The smallest absolute Gasteiger partial charge is 0.295 e. The Labute approximate surface area is 187 Å². The summed E-state index contributed by atoms with van der Waals surface area (Å²) < 4.78 is 5.69. The molecule has 1 aliphatic rings. The van der Waals surface area contributed by atoms with Crippen molar-refractivity contribution in [2.24, 2.45) is 0 Å². The Balaban J connectivity index is 1.90. The van der Waals surface area contributed by atoms with Gasteiger partial charge in [-0.2, -0.15) is 0 Å². The van der Waals surface area contributed by atoms with Gasteiger partial charge in [0, 0.05) is 12.1 Å². The molecular formula is C27H27NO4. The van der Waals surface area contributed by atoms with Gasteiger partial charge in [-0.3, -0.25) is 9.59 Å². The number of nitrogens with zero attached hydrogens (tertiary/aromatic N) is 1. The molecular weight excluding hydrogens is 402 g/mol. The number of hydrogen-bond donors (Lipinski definition) is 1. The third-order valence-electron chi connectivity index (χ3n) is 5.70. The highest BCUT2D eigenvalue weighted by Gasteiger charge is 2.46. The van der Waals surface area contributed by atoms with Crippen LogP contribution in [0.25, 0.3) is 16.5 Å². The summed E-state index contributed by atoms with van der Waals surface area (Å²) >= 11 is 0. The number of aliphatic hydroxyl groups excluding tert-OH is 1. The molecule has 0 aliphatic carbocycles. The van der Waals surface area contributed by atoms with Crippen LogP contribution in [-0.4, -0.2) is 34.8 Å². The first-order valence-corrected chi connectivity index (χ1v) is 11.1. The number of rotatable bonds is 7. The lowest BCUT2D eigenvalue weighted by atomic mass is 9.91. The van der Waals surface area contributed by atoms with Crippen LogP contribution in [-0.2, 0) is 9.59 Å². The molecule has 1 aliphatic heterocycles. The molecule has 1 saturated heterocycles. The van der Waals surface area contributed by atoms with Gasteiger partial charge in [0.2, 0.25) is 0 Å². The molecule has 4 rings (SSSR count). The molecule has 1 atom stereocenters. The minimum absolute atomic E-state index is 0.118. The molecule has 1 N–H and O–H groups in total. The van der Waals surface area contributed by atoms with Crippen molar-refractivity contribution in [3.8, 4) is 5.75 Å². The molecule has 0 bridgehead atoms. The normalized spacial score (nSPS) is 17.8. The van der Waals surface area contributed by atoms with Crippen molar-refractivity contribution in [2.45, 2.75) is 32.7 Å². The third-order valence-corrected chi connectivity index (χ3v) is 5.70. The predicted octanol–water partition coefficient (Wildman–Crippen LogP) is 5.46. The molecule has 1 unspecified atom stereocenters. The Morgan fingerprint density at radius 1 is 0.969 bits per heavy atom. The van der Waals surface area contributed by atoms with Gasteiger partial charge in [-0.15, -0.1) is 0 Å². The lowest BCUT2D eigenvalue weighted by Crippen LogP contribution is -2.30. The van der Waals surface area contributed by atoms with Crippen LogP contribution in [0.4, 0.5) is 0 Å². The van der Waals surface area contributed by atoms with Gasteiger partial charge in [-0.05, 0) is 41.3 Å². The van der Waals surface area contributed by atoms with Crippen molar-refractivity contribution in [1.82, 2.24) is 4.90 Å². The zero-order valence-electron chi connectivity index (χ0n) is 18.4. The number of carbonyl (C=O) groups excluding carboxylic acids is 2. The molecule has 3 aromatic rings. The van der Waals surface area contributed by atoms with Gasteiger partial charge in [0.25, 0.3) is 11.7 Å². The number of aliphatic hydroxyl groups is 1. The highest BCUT2D eigenvalue weighted by atomic mass is 16.5. The highest BCUT2D eigenvalue weighted by Crippen LogP contribution is 2.42. The van der Waals surface area contributed by atoms with E-state index in [1.807, 2.05) is 62.4 Å². The molecule has 1 amide bonds. The average molecular weight is 430 g/mol. The summed E-state index contributed by atoms with van der Waals surface area (Å²) in [6, 6.07) is 20.1. The maximum Gasteiger partial charge on any atom is 0.295 e. The topological polar surface area (TPSA) is 66.8 Å². The fourth-order valence-electron chi connectivity index (χ4n) is 4.27. The largest absolute Gasteiger partial charge is 0.507 e. The summed E-state index contributed by atoms with van der Waals surface area (Å²) in [6.07, 6.45) is 1.56. The fourth-order valence-corrected chi connectivity index (χ4v) is 4.27. The van der Waals surface area contributed by atoms with Crippen molar-refractivity contribution >= 4 is 28.2 Å². The van der Waals surface area contributed by atoms with Crippen LogP contribution in [0.3, 0.4) is 0 Å². The van der Waals surface area contributed by atoms with Crippen LogP contribution in [0.15, 0.2) is 72.3 Å². The van der Waals surface area contributed by atoms with Gasteiger partial charge >= 0.3 is 0 Å². The lowest BCUT2D eigenvalue weighted by molar-refractivity contribution is -0.139. The molecule has 3 aromatic carbocycles. The lowest BCUT2D eigenvalue weighted by Gasteiger charge is -2.26. The van der Waals surface area contributed by atoms with Crippen LogP contribution < -0.4 is 4.74 Å². The van der Waals surface area contributed by atoms with E-state index in [9.17, 15) is 14.7 Å². The predicted molar refractivity (Wildman–Crippen MR) is 125 cm³/mol. The van der Waals surface area contributed by atoms with Crippen LogP contribution in [0.2, 0.25) is 0 Å². The zero-order chi connectivity index (χ0) is 22.7. The average Bonchev–Trinajstić information content (AvgIpc) is 3.07. The number of likely N-dealkylation sites (tertiary alicyclic amines) is 1. The number of Topliss-reactive ketones (excluding diaryl/α,β-unsaturated/α-hetero) is 1. The minimum atomic E-state index is -0.659. The van der Waals surface area contributed by atoms with E-state index in [-0.39, 0.29) is 11.3 Å². The van der Waals surface area contributed by atoms with E-state index in [0.29, 0.717) is 30.9 Å². The standard InChI is InChI=1S/C27H27NO4/c1-3-15-28-24(22-14-8-10-18-9-5-6-13-21(18)22)23(26(30)27(28)31)25(29)19-11-7-12-20(17-19)32-16-4-2/h5-14,17,24,29H,3-4,15-16H2,1-2H3/b25-23-. The monoisotopic (exact) mass is 429 g/mol. The number of fused-ring (bicyclic) bond motifs is 1. The number of amides is 1.